The molecule has 11 heteroatoms. The molecule has 4 aromatic rings. The van der Waals surface area contributed by atoms with Crippen molar-refractivity contribution in [3.8, 4) is 0 Å². The number of benzene rings is 1. The van der Waals surface area contributed by atoms with Gasteiger partial charge in [0.1, 0.15) is 17.1 Å². The third-order valence-electron chi connectivity index (χ3n) is 5.85. The smallest absolute Gasteiger partial charge is 0.410 e. The van der Waals surface area contributed by atoms with Crippen molar-refractivity contribution in [2.75, 3.05) is 10.6 Å². The van der Waals surface area contributed by atoms with Crippen LogP contribution in [0.4, 0.5) is 24.8 Å². The molecule has 1 aromatic carbocycles. The molecule has 0 saturated heterocycles. The zero-order valence-corrected chi connectivity index (χ0v) is 18.1. The third kappa shape index (κ3) is 4.16. The standard InChI is InChI=1S/C23H21F3N6O2/c1-14-5-2-3-6-15(14)13-31-9-8-20(30-31)29-22(33)16-12-27-32-19(23(24,25)26)11-17(28-21(16)32)18-7-4-10-34-18/h2-10,12,17,19,28H,11,13H2,1H3,(H,29,30,33)/t17-,19+/m1/s1. The fourth-order valence-corrected chi connectivity index (χ4v) is 4.07. The van der Waals surface area contributed by atoms with Gasteiger partial charge in [-0.05, 0) is 30.2 Å². The summed E-state index contributed by atoms with van der Waals surface area (Å²) < 4.78 is 49.1. The lowest BCUT2D eigenvalue weighted by atomic mass is 10.0. The van der Waals surface area contributed by atoms with E-state index < -0.39 is 24.2 Å². The Morgan fingerprint density at radius 3 is 2.79 bits per heavy atom. The molecule has 5 rings (SSSR count). The Labute approximate surface area is 192 Å². The highest BCUT2D eigenvalue weighted by atomic mass is 19.4. The molecule has 2 atom stereocenters. The highest BCUT2D eigenvalue weighted by Crippen LogP contribution is 2.44. The minimum atomic E-state index is -4.55. The number of rotatable bonds is 5. The van der Waals surface area contributed by atoms with Gasteiger partial charge in [-0.1, -0.05) is 24.3 Å². The van der Waals surface area contributed by atoms with E-state index in [-0.39, 0.29) is 23.6 Å². The summed E-state index contributed by atoms with van der Waals surface area (Å²) in [6, 6.07) is 10.1. The van der Waals surface area contributed by atoms with Gasteiger partial charge in [0.2, 0.25) is 0 Å². The van der Waals surface area contributed by atoms with Gasteiger partial charge in [0.25, 0.3) is 5.91 Å². The topological polar surface area (TPSA) is 89.9 Å². The molecule has 1 aliphatic rings. The Balaban J connectivity index is 1.37. The summed E-state index contributed by atoms with van der Waals surface area (Å²) in [5.74, 6) is -0.00460. The number of carbonyl (C=O) groups is 1. The zero-order valence-electron chi connectivity index (χ0n) is 18.1. The maximum Gasteiger partial charge on any atom is 0.410 e. The second-order valence-electron chi connectivity index (χ2n) is 8.14. The number of nitrogens with one attached hydrogen (secondary N) is 2. The van der Waals surface area contributed by atoms with E-state index in [4.69, 9.17) is 4.42 Å². The minimum Gasteiger partial charge on any atom is -0.467 e. The van der Waals surface area contributed by atoms with Gasteiger partial charge in [0, 0.05) is 18.7 Å². The molecule has 0 unspecified atom stereocenters. The number of aromatic nitrogens is 4. The molecule has 176 valence electrons. The summed E-state index contributed by atoms with van der Waals surface area (Å²) in [5.41, 5.74) is 2.19. The van der Waals surface area contributed by atoms with Crippen LogP contribution in [0.2, 0.25) is 0 Å². The number of alkyl halides is 3. The fraction of sp³-hybridized carbons (Fsp3) is 0.261. The number of carbonyl (C=O) groups excluding carboxylic acids is 1. The van der Waals surface area contributed by atoms with Crippen molar-refractivity contribution in [2.24, 2.45) is 0 Å². The van der Waals surface area contributed by atoms with E-state index in [2.05, 4.69) is 20.8 Å². The Morgan fingerprint density at radius 1 is 1.24 bits per heavy atom. The lowest BCUT2D eigenvalue weighted by Crippen LogP contribution is -2.36. The molecule has 0 bridgehead atoms. The molecule has 34 heavy (non-hydrogen) atoms. The number of halogens is 3. The molecule has 1 aliphatic heterocycles. The van der Waals surface area contributed by atoms with E-state index in [1.165, 1.54) is 6.26 Å². The fourth-order valence-electron chi connectivity index (χ4n) is 4.07. The molecule has 2 N–H and O–H groups in total. The van der Waals surface area contributed by atoms with Crippen LogP contribution < -0.4 is 10.6 Å². The lowest BCUT2D eigenvalue weighted by molar-refractivity contribution is -0.174. The van der Waals surface area contributed by atoms with Gasteiger partial charge >= 0.3 is 6.18 Å². The Bertz CT molecular complexity index is 1310. The molecule has 0 fully saturated rings. The summed E-state index contributed by atoms with van der Waals surface area (Å²) in [4.78, 5) is 13.0. The SMILES string of the molecule is Cc1ccccc1Cn1ccc(NC(=O)c2cnn3c2N[C@@H](c2ccco2)C[C@H]3C(F)(F)F)n1. The first-order valence-electron chi connectivity index (χ1n) is 10.6. The van der Waals surface area contributed by atoms with Gasteiger partial charge < -0.3 is 15.1 Å². The average Bonchev–Trinajstić information content (AvgIpc) is 3.55. The van der Waals surface area contributed by atoms with Crippen LogP contribution in [0.5, 0.6) is 0 Å². The van der Waals surface area contributed by atoms with Crippen molar-refractivity contribution in [1.82, 2.24) is 19.6 Å². The average molecular weight is 470 g/mol. The normalized spacial score (nSPS) is 17.8. The molecule has 3 aromatic heterocycles. The third-order valence-corrected chi connectivity index (χ3v) is 5.85. The van der Waals surface area contributed by atoms with Crippen molar-refractivity contribution in [2.45, 2.75) is 38.1 Å². The number of hydrogen-bond acceptors (Lipinski definition) is 5. The molecule has 8 nitrogen and oxygen atoms in total. The number of furan rings is 1. The van der Waals surface area contributed by atoms with Crippen LogP contribution in [0.3, 0.4) is 0 Å². The van der Waals surface area contributed by atoms with E-state index in [0.717, 1.165) is 22.0 Å². The van der Waals surface area contributed by atoms with Gasteiger partial charge in [0.15, 0.2) is 11.9 Å². The van der Waals surface area contributed by atoms with Gasteiger partial charge in [-0.2, -0.15) is 23.4 Å². The number of aryl methyl sites for hydroxylation is 1. The number of anilines is 2. The van der Waals surface area contributed by atoms with Crippen LogP contribution in [0.1, 0.15) is 45.7 Å². The predicted molar refractivity (Wildman–Crippen MR) is 117 cm³/mol. The van der Waals surface area contributed by atoms with Crippen molar-refractivity contribution in [3.05, 3.63) is 83.6 Å². The minimum absolute atomic E-state index is 0.0149. The maximum atomic E-state index is 13.8. The van der Waals surface area contributed by atoms with Crippen molar-refractivity contribution >= 4 is 17.5 Å². The van der Waals surface area contributed by atoms with E-state index in [0.29, 0.717) is 12.3 Å². The van der Waals surface area contributed by atoms with Gasteiger partial charge in [-0.15, -0.1) is 0 Å². The van der Waals surface area contributed by atoms with Crippen molar-refractivity contribution in [3.63, 3.8) is 0 Å². The van der Waals surface area contributed by atoms with Gasteiger partial charge in [-0.25, -0.2) is 4.68 Å². The monoisotopic (exact) mass is 470 g/mol. The van der Waals surface area contributed by atoms with Crippen LogP contribution >= 0.6 is 0 Å². The molecule has 0 radical (unpaired) electrons. The largest absolute Gasteiger partial charge is 0.467 e. The number of fused-ring (bicyclic) bond motifs is 1. The summed E-state index contributed by atoms with van der Waals surface area (Å²) in [5, 5.41) is 13.9. The maximum absolute atomic E-state index is 13.8. The number of amides is 1. The van der Waals surface area contributed by atoms with Crippen LogP contribution in [0.15, 0.2) is 65.5 Å². The molecule has 1 amide bonds. The van der Waals surface area contributed by atoms with Crippen LogP contribution in [-0.2, 0) is 6.54 Å². The lowest BCUT2D eigenvalue weighted by Gasteiger charge is -2.32. The summed E-state index contributed by atoms with van der Waals surface area (Å²) >= 11 is 0. The van der Waals surface area contributed by atoms with E-state index >= 15 is 0 Å². The van der Waals surface area contributed by atoms with E-state index in [1.54, 1.807) is 29.1 Å². The molecular formula is C23H21F3N6O2. The summed E-state index contributed by atoms with van der Waals surface area (Å²) in [6.07, 6.45) is -0.607. The molecular weight excluding hydrogens is 449 g/mol. The second-order valence-corrected chi connectivity index (χ2v) is 8.14. The highest BCUT2D eigenvalue weighted by Gasteiger charge is 2.47. The van der Waals surface area contributed by atoms with Crippen molar-refractivity contribution in [1.29, 1.82) is 0 Å². The number of hydrogen-bond donors (Lipinski definition) is 2. The Hall–Kier alpha value is -4.02. The van der Waals surface area contributed by atoms with Crippen LogP contribution in [0, 0.1) is 6.92 Å². The van der Waals surface area contributed by atoms with Crippen LogP contribution in [-0.4, -0.2) is 31.6 Å². The highest BCUT2D eigenvalue weighted by molar-refractivity contribution is 6.07. The second kappa shape index (κ2) is 8.40. The first kappa shape index (κ1) is 21.8. The molecule has 0 spiro atoms. The molecule has 4 heterocycles. The first-order chi connectivity index (χ1) is 16.3. The summed E-state index contributed by atoms with van der Waals surface area (Å²) in [6.45, 7) is 2.52. The van der Waals surface area contributed by atoms with Gasteiger partial charge in [-0.3, -0.25) is 9.48 Å². The quantitative estimate of drug-likeness (QED) is 0.431. The zero-order chi connectivity index (χ0) is 23.9. The van der Waals surface area contributed by atoms with Crippen LogP contribution in [0.25, 0.3) is 0 Å². The molecule has 0 aliphatic carbocycles. The molecule has 0 saturated carbocycles. The Kier molecular flexibility index (Phi) is 5.39. The first-order valence-corrected chi connectivity index (χ1v) is 10.6. The summed E-state index contributed by atoms with van der Waals surface area (Å²) in [7, 11) is 0. The van der Waals surface area contributed by atoms with E-state index in [1.807, 2.05) is 31.2 Å². The van der Waals surface area contributed by atoms with Gasteiger partial charge in [0.05, 0.1) is 25.0 Å². The number of nitrogens with zero attached hydrogens (tertiary/aromatic N) is 4. The predicted octanol–water partition coefficient (Wildman–Crippen LogP) is 4.94. The van der Waals surface area contributed by atoms with Crippen molar-refractivity contribution < 1.29 is 22.4 Å². The Morgan fingerprint density at radius 2 is 2.06 bits per heavy atom. The van der Waals surface area contributed by atoms with E-state index in [9.17, 15) is 18.0 Å².